The van der Waals surface area contributed by atoms with Crippen molar-refractivity contribution in [3.8, 4) is 0 Å². The Morgan fingerprint density at radius 3 is 2.70 bits per heavy atom. The monoisotopic (exact) mass is 611 g/mol. The lowest BCUT2D eigenvalue weighted by atomic mass is 10.0. The van der Waals surface area contributed by atoms with Crippen LogP contribution < -0.4 is 15.6 Å². The summed E-state index contributed by atoms with van der Waals surface area (Å²) in [5.74, 6) is -3.42. The molecule has 4 rings (SSSR count). The number of nitrogen functional groups attached to an aromatic ring is 1. The summed E-state index contributed by atoms with van der Waals surface area (Å²) in [4.78, 5) is 60.3. The first-order chi connectivity index (χ1) is 19.1. The number of fused-ring (bicyclic) bond motifs is 1. The van der Waals surface area contributed by atoms with Crippen molar-refractivity contribution in [2.24, 2.45) is 5.16 Å². The quantitative estimate of drug-likeness (QED) is 0.0870. The Morgan fingerprint density at radius 2 is 2.10 bits per heavy atom. The van der Waals surface area contributed by atoms with Gasteiger partial charge in [-0.15, -0.1) is 34.9 Å². The first-order valence-corrected chi connectivity index (χ1v) is 14.6. The molecule has 5 N–H and O–H groups in total. The molecule has 13 nitrogen and oxygen atoms in total. The van der Waals surface area contributed by atoms with E-state index in [0.29, 0.717) is 17.1 Å². The van der Waals surface area contributed by atoms with Gasteiger partial charge < -0.3 is 26.1 Å². The molecule has 2 amide bonds. The predicted octanol–water partition coefficient (Wildman–Crippen LogP) is 0.707. The lowest BCUT2D eigenvalue weighted by Gasteiger charge is -2.49. The van der Waals surface area contributed by atoms with E-state index in [0.717, 1.165) is 21.1 Å². The number of aliphatic carboxylic acids is 2. The molecule has 0 radical (unpaired) electrons. The normalized spacial score (nSPS) is 19.5. The van der Waals surface area contributed by atoms with Crippen molar-refractivity contribution < 1.29 is 43.2 Å². The van der Waals surface area contributed by atoms with Crippen LogP contribution in [0.3, 0.4) is 0 Å². The summed E-state index contributed by atoms with van der Waals surface area (Å²) < 4.78 is 14.2. The van der Waals surface area contributed by atoms with Crippen LogP contribution in [0.2, 0.25) is 0 Å². The lowest BCUT2D eigenvalue weighted by Crippen LogP contribution is -2.71. The average Bonchev–Trinajstić information content (AvgIpc) is 3.36. The smallest absolute Gasteiger partial charge is 0.352 e. The van der Waals surface area contributed by atoms with E-state index in [4.69, 9.17) is 15.7 Å². The number of thioether (sulfide) groups is 2. The third-order valence-corrected chi connectivity index (χ3v) is 8.89. The van der Waals surface area contributed by atoms with Crippen molar-refractivity contribution in [3.05, 3.63) is 46.9 Å². The number of nitrogens with two attached hydrogens (primary N) is 1. The number of β-lactam (4-membered cyclic amide) rings is 1. The van der Waals surface area contributed by atoms with Gasteiger partial charge in [0.15, 0.2) is 29.8 Å². The lowest BCUT2D eigenvalue weighted by molar-refractivity contribution is -0.697. The standard InChI is InChI=1S/C23H23FN6O7S3/c1-11(21(33)34)37-28-15(14-10-40-23(25)26-14)18(31)27-16-19(32)30-17(22(35)36)12(9-39-20(16)30)8-38-13-2-5-29(6-3-13)7-4-24/h2-3,5-6,10-11,16,20H,4,7-9H2,1H3,(H4-,25,26,27,31,33,34,35,36)/p+1/t11?,16-,20-/m1/s1. The molecule has 40 heavy (non-hydrogen) atoms. The number of thiazole rings is 1. The van der Waals surface area contributed by atoms with E-state index in [1.807, 2.05) is 0 Å². The largest absolute Gasteiger partial charge is 0.478 e. The number of carbonyl (C=O) groups is 4. The summed E-state index contributed by atoms with van der Waals surface area (Å²) in [6.07, 6.45) is 2.11. The van der Waals surface area contributed by atoms with Gasteiger partial charge in [-0.05, 0) is 12.5 Å². The number of hydrogen-bond acceptors (Lipinski definition) is 11. The van der Waals surface area contributed by atoms with Gasteiger partial charge in [0.05, 0.1) is 0 Å². The molecule has 2 aromatic heterocycles. The highest BCUT2D eigenvalue weighted by atomic mass is 32.2. The SMILES string of the molecule is CC(ON=C(C(=O)N[C@@H]1C(=O)N2C(C(=O)O)=C(CSc3cc[n+](CCF)cc3)CS[C@H]12)c1csc(N)n1)C(=O)O. The van der Waals surface area contributed by atoms with Crippen molar-refractivity contribution in [2.75, 3.05) is 23.9 Å². The molecule has 0 spiro atoms. The topological polar surface area (TPSA) is 188 Å². The molecule has 1 fully saturated rings. The first-order valence-electron chi connectivity index (χ1n) is 11.7. The number of alkyl halides is 1. The molecule has 0 aromatic carbocycles. The fourth-order valence-electron chi connectivity index (χ4n) is 3.74. The number of aromatic nitrogens is 2. The minimum atomic E-state index is -1.36. The molecule has 1 unspecified atom stereocenters. The molecule has 2 aliphatic heterocycles. The van der Waals surface area contributed by atoms with Crippen LogP contribution in [0.1, 0.15) is 12.6 Å². The summed E-state index contributed by atoms with van der Waals surface area (Å²) in [5, 5.41) is 26.0. The van der Waals surface area contributed by atoms with Gasteiger partial charge in [-0.2, -0.15) is 0 Å². The third kappa shape index (κ3) is 6.37. The summed E-state index contributed by atoms with van der Waals surface area (Å²) in [6, 6.07) is 2.55. The number of carbonyl (C=O) groups excluding carboxylic acids is 2. The van der Waals surface area contributed by atoms with Crippen LogP contribution in [-0.2, 0) is 30.6 Å². The van der Waals surface area contributed by atoms with Gasteiger partial charge in [0.2, 0.25) is 6.10 Å². The molecule has 2 aromatic rings. The highest BCUT2D eigenvalue weighted by Crippen LogP contribution is 2.41. The Kier molecular flexibility index (Phi) is 9.26. The van der Waals surface area contributed by atoms with E-state index in [2.05, 4.69) is 15.5 Å². The van der Waals surface area contributed by atoms with Crippen molar-refractivity contribution in [1.82, 2.24) is 15.2 Å². The Morgan fingerprint density at radius 1 is 1.38 bits per heavy atom. The predicted molar refractivity (Wildman–Crippen MR) is 144 cm³/mol. The van der Waals surface area contributed by atoms with E-state index in [1.54, 1.807) is 29.1 Å². The number of nitrogens with one attached hydrogen (secondary N) is 1. The number of halogens is 1. The van der Waals surface area contributed by atoms with Crippen LogP contribution >= 0.6 is 34.9 Å². The number of anilines is 1. The van der Waals surface area contributed by atoms with Gasteiger partial charge in [-0.1, -0.05) is 5.16 Å². The second-order valence-electron chi connectivity index (χ2n) is 8.46. The molecule has 17 heteroatoms. The summed E-state index contributed by atoms with van der Waals surface area (Å²) in [7, 11) is 0. The van der Waals surface area contributed by atoms with E-state index in [1.165, 1.54) is 35.8 Å². The Labute approximate surface area is 239 Å². The molecule has 3 atom stereocenters. The van der Waals surface area contributed by atoms with Crippen LogP contribution in [0.5, 0.6) is 0 Å². The van der Waals surface area contributed by atoms with Crippen LogP contribution in [-0.4, -0.2) is 85.3 Å². The molecule has 2 aliphatic rings. The van der Waals surface area contributed by atoms with Gasteiger partial charge in [0.1, 0.15) is 29.5 Å². The Hall–Kier alpha value is -3.70. The van der Waals surface area contributed by atoms with Crippen LogP contribution in [0.4, 0.5) is 9.52 Å². The number of carboxylic acids is 2. The van der Waals surface area contributed by atoms with Gasteiger partial charge >= 0.3 is 11.9 Å². The van der Waals surface area contributed by atoms with E-state index < -0.39 is 47.9 Å². The van der Waals surface area contributed by atoms with Crippen molar-refractivity contribution >= 4 is 69.5 Å². The fourth-order valence-corrected chi connectivity index (χ4v) is 6.66. The van der Waals surface area contributed by atoms with E-state index >= 15 is 0 Å². The number of oxime groups is 1. The summed E-state index contributed by atoms with van der Waals surface area (Å²) in [5.41, 5.74) is 5.72. The fraction of sp³-hybridized carbons (Fsp3) is 0.348. The molecule has 212 valence electrons. The van der Waals surface area contributed by atoms with Crippen LogP contribution in [0.15, 0.2) is 51.2 Å². The molecule has 4 heterocycles. The molecule has 1 saturated heterocycles. The molecular weight excluding hydrogens is 587 g/mol. The number of rotatable bonds is 12. The number of pyridine rings is 1. The zero-order valence-electron chi connectivity index (χ0n) is 20.9. The minimum absolute atomic E-state index is 0.0269. The number of amides is 2. The molecular formula is C23H24FN6O7S3+. The van der Waals surface area contributed by atoms with E-state index in [-0.39, 0.29) is 28.8 Å². The zero-order valence-corrected chi connectivity index (χ0v) is 23.3. The average molecular weight is 612 g/mol. The summed E-state index contributed by atoms with van der Waals surface area (Å²) >= 11 is 3.72. The first kappa shape index (κ1) is 29.3. The third-order valence-electron chi connectivity index (χ3n) is 5.78. The second-order valence-corrected chi connectivity index (χ2v) is 11.5. The Bertz CT molecular complexity index is 1380. The van der Waals surface area contributed by atoms with Crippen LogP contribution in [0.25, 0.3) is 0 Å². The highest BCUT2D eigenvalue weighted by Gasteiger charge is 2.54. The number of aryl methyl sites for hydroxylation is 1. The minimum Gasteiger partial charge on any atom is -0.478 e. The second kappa shape index (κ2) is 12.6. The van der Waals surface area contributed by atoms with Gasteiger partial charge in [0.25, 0.3) is 11.8 Å². The molecule has 0 aliphatic carbocycles. The number of hydrogen-bond donors (Lipinski definition) is 4. The number of carboxylic acid groups (broad SMARTS) is 2. The Balaban J connectivity index is 1.47. The van der Waals surface area contributed by atoms with Crippen molar-refractivity contribution in [1.29, 1.82) is 0 Å². The maximum Gasteiger partial charge on any atom is 0.352 e. The van der Waals surface area contributed by atoms with Crippen LogP contribution in [0, 0.1) is 0 Å². The molecule has 0 saturated carbocycles. The van der Waals surface area contributed by atoms with Gasteiger partial charge in [-0.25, -0.2) is 23.5 Å². The molecule has 0 bridgehead atoms. The van der Waals surface area contributed by atoms with E-state index in [9.17, 15) is 28.7 Å². The van der Waals surface area contributed by atoms with Gasteiger partial charge in [-0.3, -0.25) is 14.5 Å². The maximum atomic E-state index is 13.1. The maximum absolute atomic E-state index is 13.1. The van der Waals surface area contributed by atoms with Crippen molar-refractivity contribution in [2.45, 2.75) is 35.9 Å². The number of nitrogens with zero attached hydrogens (tertiary/aromatic N) is 4. The highest BCUT2D eigenvalue weighted by molar-refractivity contribution is 8.01. The summed E-state index contributed by atoms with van der Waals surface area (Å²) in [6.45, 7) is 0.978. The van der Waals surface area contributed by atoms with Crippen molar-refractivity contribution in [3.63, 3.8) is 0 Å². The zero-order chi connectivity index (χ0) is 29.0. The van der Waals surface area contributed by atoms with Gasteiger partial charge in [0, 0.05) is 33.9 Å².